The quantitative estimate of drug-likeness (QED) is 0.719. The highest BCUT2D eigenvalue weighted by atomic mass is 19.1. The van der Waals surface area contributed by atoms with Gasteiger partial charge in [-0.2, -0.15) is 0 Å². The molecule has 0 spiro atoms. The standard InChI is InChI=1S/C22H21FN4O2/c23-16-5-3-15(4-6-16)19-12-20(22(24)28)26-14-21(19)27-10-7-17(8-11-27)29-18-2-1-9-25-13-18/h1-6,9,12-14,17H,7-8,10-11H2,(H2,24,28). The lowest BCUT2D eigenvalue weighted by molar-refractivity contribution is 0.0995. The number of nitrogens with zero attached hydrogens (tertiary/aromatic N) is 3. The molecule has 0 bridgehead atoms. The van der Waals surface area contributed by atoms with Crippen molar-refractivity contribution in [3.8, 4) is 16.9 Å². The molecule has 6 nitrogen and oxygen atoms in total. The van der Waals surface area contributed by atoms with Crippen molar-refractivity contribution < 1.29 is 13.9 Å². The van der Waals surface area contributed by atoms with Gasteiger partial charge in [0.15, 0.2) is 0 Å². The predicted molar refractivity (Wildman–Crippen MR) is 108 cm³/mol. The lowest BCUT2D eigenvalue weighted by Gasteiger charge is -2.34. The minimum atomic E-state index is -0.594. The fourth-order valence-corrected chi connectivity index (χ4v) is 3.52. The SMILES string of the molecule is NC(=O)c1cc(-c2ccc(F)cc2)c(N2CCC(Oc3cccnc3)CC2)cn1. The Kier molecular flexibility index (Phi) is 5.37. The molecule has 3 aromatic rings. The molecule has 1 fully saturated rings. The average Bonchev–Trinajstić information content (AvgIpc) is 2.75. The van der Waals surface area contributed by atoms with E-state index in [0.717, 1.165) is 48.5 Å². The van der Waals surface area contributed by atoms with Crippen molar-refractivity contribution in [1.29, 1.82) is 0 Å². The Morgan fingerprint density at radius 2 is 1.90 bits per heavy atom. The van der Waals surface area contributed by atoms with Gasteiger partial charge in [-0.25, -0.2) is 9.37 Å². The first-order valence-corrected chi connectivity index (χ1v) is 9.47. The maximum atomic E-state index is 13.4. The topological polar surface area (TPSA) is 81.3 Å². The molecule has 3 heterocycles. The molecule has 1 aliphatic heterocycles. The molecule has 7 heteroatoms. The number of benzene rings is 1. The van der Waals surface area contributed by atoms with E-state index in [9.17, 15) is 9.18 Å². The minimum Gasteiger partial charge on any atom is -0.489 e. The van der Waals surface area contributed by atoms with Crippen LogP contribution in [0.25, 0.3) is 11.1 Å². The molecule has 0 unspecified atom stereocenters. The second kappa shape index (κ2) is 8.26. The van der Waals surface area contributed by atoms with Crippen molar-refractivity contribution in [1.82, 2.24) is 9.97 Å². The fourth-order valence-electron chi connectivity index (χ4n) is 3.52. The van der Waals surface area contributed by atoms with Gasteiger partial charge in [-0.15, -0.1) is 0 Å². The first kappa shape index (κ1) is 18.9. The maximum Gasteiger partial charge on any atom is 0.267 e. The lowest BCUT2D eigenvalue weighted by Crippen LogP contribution is -2.38. The minimum absolute atomic E-state index is 0.113. The molecule has 2 N–H and O–H groups in total. The molecule has 0 atom stereocenters. The van der Waals surface area contributed by atoms with Crippen LogP contribution in [0.5, 0.6) is 5.75 Å². The molecule has 1 saturated heterocycles. The largest absolute Gasteiger partial charge is 0.489 e. The van der Waals surface area contributed by atoms with E-state index in [1.807, 2.05) is 12.1 Å². The van der Waals surface area contributed by atoms with E-state index in [0.29, 0.717) is 0 Å². The summed E-state index contributed by atoms with van der Waals surface area (Å²) in [4.78, 5) is 22.1. The predicted octanol–water partition coefficient (Wildman–Crippen LogP) is 3.43. The number of ether oxygens (including phenoxy) is 1. The summed E-state index contributed by atoms with van der Waals surface area (Å²) in [6, 6.07) is 11.6. The first-order chi connectivity index (χ1) is 14.1. The van der Waals surface area contributed by atoms with Crippen molar-refractivity contribution >= 4 is 11.6 Å². The first-order valence-electron chi connectivity index (χ1n) is 9.47. The molecular weight excluding hydrogens is 371 g/mol. The monoisotopic (exact) mass is 392 g/mol. The van der Waals surface area contributed by atoms with E-state index in [-0.39, 0.29) is 17.6 Å². The zero-order chi connectivity index (χ0) is 20.2. The third kappa shape index (κ3) is 4.34. The second-order valence-electron chi connectivity index (χ2n) is 6.95. The van der Waals surface area contributed by atoms with Gasteiger partial charge in [0.2, 0.25) is 0 Å². The van der Waals surface area contributed by atoms with Gasteiger partial charge in [-0.05, 0) is 35.9 Å². The number of hydrogen-bond acceptors (Lipinski definition) is 5. The molecule has 0 aliphatic carbocycles. The van der Waals surface area contributed by atoms with Crippen LogP contribution in [0.4, 0.5) is 10.1 Å². The third-order valence-corrected chi connectivity index (χ3v) is 5.01. The summed E-state index contributed by atoms with van der Waals surface area (Å²) >= 11 is 0. The van der Waals surface area contributed by atoms with Crippen molar-refractivity contribution in [3.63, 3.8) is 0 Å². The van der Waals surface area contributed by atoms with Crippen LogP contribution in [0.15, 0.2) is 61.1 Å². The number of halogens is 1. The van der Waals surface area contributed by atoms with E-state index in [1.54, 1.807) is 36.8 Å². The number of carbonyl (C=O) groups excluding carboxylic acids is 1. The number of nitrogens with two attached hydrogens (primary N) is 1. The summed E-state index contributed by atoms with van der Waals surface area (Å²) < 4.78 is 19.4. The number of rotatable bonds is 5. The molecule has 2 aromatic heterocycles. The Hall–Kier alpha value is -3.48. The van der Waals surface area contributed by atoms with Crippen molar-refractivity contribution in [2.75, 3.05) is 18.0 Å². The van der Waals surface area contributed by atoms with Crippen LogP contribution in [0, 0.1) is 5.82 Å². The van der Waals surface area contributed by atoms with E-state index in [1.165, 1.54) is 12.1 Å². The van der Waals surface area contributed by atoms with Gasteiger partial charge in [-0.3, -0.25) is 9.78 Å². The van der Waals surface area contributed by atoms with Crippen LogP contribution in [0.1, 0.15) is 23.3 Å². The number of carbonyl (C=O) groups is 1. The number of anilines is 1. The Morgan fingerprint density at radius 3 is 2.55 bits per heavy atom. The van der Waals surface area contributed by atoms with Crippen LogP contribution in [0.3, 0.4) is 0 Å². The number of hydrogen-bond donors (Lipinski definition) is 1. The van der Waals surface area contributed by atoms with E-state index < -0.39 is 5.91 Å². The molecular formula is C22H21FN4O2. The molecule has 0 saturated carbocycles. The Morgan fingerprint density at radius 1 is 1.14 bits per heavy atom. The van der Waals surface area contributed by atoms with Crippen LogP contribution >= 0.6 is 0 Å². The molecule has 148 valence electrons. The highest BCUT2D eigenvalue weighted by molar-refractivity contribution is 5.93. The van der Waals surface area contributed by atoms with Gasteiger partial charge < -0.3 is 15.4 Å². The van der Waals surface area contributed by atoms with Crippen molar-refractivity contribution in [2.45, 2.75) is 18.9 Å². The Labute approximate surface area is 168 Å². The number of primary amides is 1. The summed E-state index contributed by atoms with van der Waals surface area (Å²) in [5, 5.41) is 0. The van der Waals surface area contributed by atoms with E-state index in [4.69, 9.17) is 10.5 Å². The van der Waals surface area contributed by atoms with Crippen molar-refractivity contribution in [3.05, 3.63) is 72.6 Å². The molecule has 1 aromatic carbocycles. The normalized spacial score (nSPS) is 14.6. The molecule has 29 heavy (non-hydrogen) atoms. The second-order valence-corrected chi connectivity index (χ2v) is 6.95. The number of pyridine rings is 2. The van der Waals surface area contributed by atoms with Crippen LogP contribution < -0.4 is 15.4 Å². The van der Waals surface area contributed by atoms with Gasteiger partial charge in [-0.1, -0.05) is 12.1 Å². The number of amides is 1. The summed E-state index contributed by atoms with van der Waals surface area (Å²) in [5.74, 6) is -0.137. The average molecular weight is 392 g/mol. The summed E-state index contributed by atoms with van der Waals surface area (Å²) in [7, 11) is 0. The summed E-state index contributed by atoms with van der Waals surface area (Å²) in [6.45, 7) is 1.55. The Bertz CT molecular complexity index is 987. The van der Waals surface area contributed by atoms with Crippen LogP contribution in [0.2, 0.25) is 0 Å². The van der Waals surface area contributed by atoms with Gasteiger partial charge in [0, 0.05) is 37.7 Å². The Balaban J connectivity index is 1.55. The fraction of sp³-hybridized carbons (Fsp3) is 0.227. The number of aromatic nitrogens is 2. The number of piperidine rings is 1. The van der Waals surface area contributed by atoms with Crippen LogP contribution in [-0.2, 0) is 0 Å². The smallest absolute Gasteiger partial charge is 0.267 e. The van der Waals surface area contributed by atoms with Gasteiger partial charge in [0.05, 0.1) is 18.1 Å². The highest BCUT2D eigenvalue weighted by Crippen LogP contribution is 2.33. The van der Waals surface area contributed by atoms with Gasteiger partial charge >= 0.3 is 0 Å². The van der Waals surface area contributed by atoms with Gasteiger partial charge in [0.1, 0.15) is 23.4 Å². The molecule has 1 amide bonds. The lowest BCUT2D eigenvalue weighted by atomic mass is 10.0. The van der Waals surface area contributed by atoms with E-state index >= 15 is 0 Å². The molecule has 4 rings (SSSR count). The van der Waals surface area contributed by atoms with Crippen molar-refractivity contribution in [2.24, 2.45) is 5.73 Å². The van der Waals surface area contributed by atoms with E-state index in [2.05, 4.69) is 14.9 Å². The summed E-state index contributed by atoms with van der Waals surface area (Å²) in [5.41, 5.74) is 8.09. The van der Waals surface area contributed by atoms with Crippen LogP contribution in [-0.4, -0.2) is 35.1 Å². The summed E-state index contributed by atoms with van der Waals surface area (Å²) in [6.07, 6.45) is 6.90. The van der Waals surface area contributed by atoms with Gasteiger partial charge in [0.25, 0.3) is 5.91 Å². The maximum absolute atomic E-state index is 13.4. The third-order valence-electron chi connectivity index (χ3n) is 5.01. The highest BCUT2D eigenvalue weighted by Gasteiger charge is 2.23. The zero-order valence-corrected chi connectivity index (χ0v) is 15.8. The molecule has 0 radical (unpaired) electrons. The molecule has 1 aliphatic rings. The zero-order valence-electron chi connectivity index (χ0n) is 15.8.